The molecule has 0 radical (unpaired) electrons. The summed E-state index contributed by atoms with van der Waals surface area (Å²) in [5.41, 5.74) is 1.45. The molecule has 0 aromatic carbocycles. The Kier molecular flexibility index (Phi) is 15.5. The maximum atomic E-state index is 9.44. The van der Waals surface area contributed by atoms with Gasteiger partial charge in [-0.05, 0) is 44.4 Å². The van der Waals surface area contributed by atoms with E-state index in [1.54, 1.807) is 0 Å². The lowest BCUT2D eigenvalue weighted by molar-refractivity contribution is -0.0568. The second kappa shape index (κ2) is 15.8. The molecule has 0 heterocycles. The van der Waals surface area contributed by atoms with Crippen LogP contribution in [0.3, 0.4) is 0 Å². The molecule has 0 saturated heterocycles. The summed E-state index contributed by atoms with van der Waals surface area (Å²) in [4.78, 5) is 0. The number of hydrogen-bond acceptors (Lipinski definition) is 4. The fraction of sp³-hybridized carbons (Fsp3) is 0.905. The summed E-state index contributed by atoms with van der Waals surface area (Å²) in [6.45, 7) is 9.35. The molecule has 0 aromatic rings. The van der Waals surface area contributed by atoms with Crippen molar-refractivity contribution in [1.29, 1.82) is 0 Å². The molecular weight excluding hydrogens is 316 g/mol. The van der Waals surface area contributed by atoms with Gasteiger partial charge in [-0.3, -0.25) is 0 Å². The minimum atomic E-state index is -1.12. The van der Waals surface area contributed by atoms with Crippen LogP contribution in [0.4, 0.5) is 0 Å². The van der Waals surface area contributed by atoms with Gasteiger partial charge in [0.1, 0.15) is 12.2 Å². The van der Waals surface area contributed by atoms with E-state index >= 15 is 0 Å². The fourth-order valence-corrected chi connectivity index (χ4v) is 2.82. The van der Waals surface area contributed by atoms with Gasteiger partial charge in [0, 0.05) is 6.61 Å². The molecule has 25 heavy (non-hydrogen) atoms. The van der Waals surface area contributed by atoms with Crippen molar-refractivity contribution in [2.24, 2.45) is 11.8 Å². The highest BCUT2D eigenvalue weighted by atomic mass is 16.5. The van der Waals surface area contributed by atoms with Gasteiger partial charge in [0.05, 0.1) is 13.2 Å². The zero-order valence-corrected chi connectivity index (χ0v) is 16.9. The largest absolute Gasteiger partial charge is 0.394 e. The molecule has 3 N–H and O–H groups in total. The lowest BCUT2D eigenvalue weighted by atomic mass is 9.94. The van der Waals surface area contributed by atoms with Gasteiger partial charge in [-0.1, -0.05) is 58.1 Å². The van der Waals surface area contributed by atoms with Crippen molar-refractivity contribution in [2.75, 3.05) is 19.8 Å². The lowest BCUT2D eigenvalue weighted by Gasteiger charge is -2.15. The maximum absolute atomic E-state index is 9.44. The van der Waals surface area contributed by atoms with Crippen molar-refractivity contribution < 1.29 is 20.1 Å². The van der Waals surface area contributed by atoms with Crippen LogP contribution in [-0.4, -0.2) is 47.3 Å². The zero-order chi connectivity index (χ0) is 19.1. The smallest absolute Gasteiger partial charge is 0.105 e. The molecular formula is C21H42O4. The molecule has 4 nitrogen and oxygen atoms in total. The molecule has 3 atom stereocenters. The van der Waals surface area contributed by atoms with Gasteiger partial charge in [0.15, 0.2) is 0 Å². The van der Waals surface area contributed by atoms with Crippen LogP contribution >= 0.6 is 0 Å². The van der Waals surface area contributed by atoms with Gasteiger partial charge in [-0.25, -0.2) is 0 Å². The first kappa shape index (κ1) is 24.6. The predicted molar refractivity (Wildman–Crippen MR) is 105 cm³/mol. The van der Waals surface area contributed by atoms with E-state index in [0.29, 0.717) is 6.61 Å². The summed E-state index contributed by atoms with van der Waals surface area (Å²) in [6, 6.07) is 0. The van der Waals surface area contributed by atoms with Crippen LogP contribution in [0.1, 0.15) is 79.1 Å². The van der Waals surface area contributed by atoms with E-state index in [2.05, 4.69) is 33.8 Å². The Hall–Kier alpha value is -0.420. The number of aliphatic hydroxyl groups excluding tert-OH is 3. The average Bonchev–Trinajstić information content (AvgIpc) is 2.56. The Labute approximate surface area is 155 Å². The minimum absolute atomic E-state index is 0.0686. The normalized spacial score (nSPS) is 16.2. The summed E-state index contributed by atoms with van der Waals surface area (Å²) in [5.74, 6) is 1.66. The number of rotatable bonds is 16. The number of hydrogen-bond donors (Lipinski definition) is 3. The molecule has 150 valence electrons. The average molecular weight is 359 g/mol. The van der Waals surface area contributed by atoms with Crippen molar-refractivity contribution in [3.05, 3.63) is 11.6 Å². The molecule has 0 aliphatic heterocycles. The minimum Gasteiger partial charge on any atom is -0.394 e. The van der Waals surface area contributed by atoms with E-state index in [1.165, 1.54) is 44.1 Å². The Morgan fingerprint density at radius 3 is 2.28 bits per heavy atom. The van der Waals surface area contributed by atoms with E-state index in [-0.39, 0.29) is 6.61 Å². The first-order valence-electron chi connectivity index (χ1n) is 10.1. The van der Waals surface area contributed by atoms with Gasteiger partial charge in [0.25, 0.3) is 0 Å². The maximum Gasteiger partial charge on any atom is 0.105 e. The highest BCUT2D eigenvalue weighted by Gasteiger charge is 2.14. The number of allylic oxidation sites excluding steroid dienone is 2. The van der Waals surface area contributed by atoms with Crippen molar-refractivity contribution in [3.8, 4) is 0 Å². The fourth-order valence-electron chi connectivity index (χ4n) is 2.82. The molecule has 4 heteroatoms. The molecule has 0 aliphatic rings. The van der Waals surface area contributed by atoms with Gasteiger partial charge in [-0.15, -0.1) is 0 Å². The molecule has 0 saturated carbocycles. The van der Waals surface area contributed by atoms with E-state index < -0.39 is 18.8 Å². The third kappa shape index (κ3) is 15.5. The topological polar surface area (TPSA) is 69.9 Å². The Morgan fingerprint density at radius 1 is 0.960 bits per heavy atom. The number of ether oxygens (including phenoxy) is 1. The van der Waals surface area contributed by atoms with Crippen LogP contribution < -0.4 is 0 Å². The van der Waals surface area contributed by atoms with Crippen LogP contribution in [0.2, 0.25) is 0 Å². The van der Waals surface area contributed by atoms with Crippen LogP contribution in [0.15, 0.2) is 11.6 Å². The third-order valence-electron chi connectivity index (χ3n) is 4.65. The van der Waals surface area contributed by atoms with Crippen molar-refractivity contribution in [3.63, 3.8) is 0 Å². The van der Waals surface area contributed by atoms with E-state index in [0.717, 1.165) is 24.7 Å². The lowest BCUT2D eigenvalue weighted by Crippen LogP contribution is -2.33. The Morgan fingerprint density at radius 2 is 1.64 bits per heavy atom. The highest BCUT2D eigenvalue weighted by Crippen LogP contribution is 2.19. The molecule has 1 unspecified atom stereocenters. The molecule has 0 amide bonds. The standard InChI is InChI=1S/C21H42O4/c1-17(2)9-7-11-19(4)13-8-12-18(3)10-5-6-14-25-16-21(24)20(23)15-22/h10,17,19-24H,5-9,11-16H2,1-4H3/t19?,20-,21+/m1/s1. The Balaban J connectivity index is 3.59. The van der Waals surface area contributed by atoms with E-state index in [9.17, 15) is 10.2 Å². The summed E-state index contributed by atoms with van der Waals surface area (Å²) in [7, 11) is 0. The third-order valence-corrected chi connectivity index (χ3v) is 4.65. The van der Waals surface area contributed by atoms with Gasteiger partial charge < -0.3 is 20.1 Å². The second-order valence-electron chi connectivity index (χ2n) is 7.91. The SMILES string of the molecule is CC(=CCCCOC[C@H](O)[C@H](O)CO)CCCC(C)CCCC(C)C. The van der Waals surface area contributed by atoms with Gasteiger partial charge in [-0.2, -0.15) is 0 Å². The molecule has 0 aliphatic carbocycles. The summed E-state index contributed by atoms with van der Waals surface area (Å²) in [6.07, 6.45) is 9.88. The van der Waals surface area contributed by atoms with Gasteiger partial charge in [0.2, 0.25) is 0 Å². The molecule has 0 bridgehead atoms. The predicted octanol–water partition coefficient (Wildman–Crippen LogP) is 4.08. The van der Waals surface area contributed by atoms with E-state index in [1.807, 2.05) is 0 Å². The number of aliphatic hydroxyl groups is 3. The van der Waals surface area contributed by atoms with Crippen molar-refractivity contribution >= 4 is 0 Å². The second-order valence-corrected chi connectivity index (χ2v) is 7.91. The highest BCUT2D eigenvalue weighted by molar-refractivity contribution is 4.97. The summed E-state index contributed by atoms with van der Waals surface area (Å²) < 4.78 is 5.32. The van der Waals surface area contributed by atoms with Crippen LogP contribution in [-0.2, 0) is 4.74 Å². The quantitative estimate of drug-likeness (QED) is 0.287. The van der Waals surface area contributed by atoms with Crippen LogP contribution in [0.25, 0.3) is 0 Å². The summed E-state index contributed by atoms with van der Waals surface area (Å²) >= 11 is 0. The molecule has 0 spiro atoms. The van der Waals surface area contributed by atoms with Gasteiger partial charge >= 0.3 is 0 Å². The number of unbranched alkanes of at least 4 members (excludes halogenated alkanes) is 1. The molecule has 0 fully saturated rings. The Bertz CT molecular complexity index is 328. The zero-order valence-electron chi connectivity index (χ0n) is 16.9. The van der Waals surface area contributed by atoms with E-state index in [4.69, 9.17) is 9.84 Å². The monoisotopic (exact) mass is 358 g/mol. The van der Waals surface area contributed by atoms with Crippen LogP contribution in [0.5, 0.6) is 0 Å². The van der Waals surface area contributed by atoms with Crippen molar-refractivity contribution in [1.82, 2.24) is 0 Å². The molecule has 0 aromatic heterocycles. The first-order chi connectivity index (χ1) is 11.9. The summed E-state index contributed by atoms with van der Waals surface area (Å²) in [5, 5.41) is 27.3. The molecule has 0 rings (SSSR count). The first-order valence-corrected chi connectivity index (χ1v) is 10.1. The van der Waals surface area contributed by atoms with Crippen molar-refractivity contribution in [2.45, 2.75) is 91.3 Å². The van der Waals surface area contributed by atoms with Crippen LogP contribution in [0, 0.1) is 11.8 Å².